The minimum atomic E-state index is -4.64. The second-order valence-corrected chi connectivity index (χ2v) is 5.36. The third-order valence-corrected chi connectivity index (χ3v) is 2.60. The smallest absolute Gasteiger partial charge is 0.466 e. The van der Waals surface area contributed by atoms with E-state index in [1.165, 1.54) is 12.8 Å². The average molecular weight is 312 g/mol. The molecule has 0 radical (unpaired) electrons. The zero-order chi connectivity index (χ0) is 16.2. The van der Waals surface area contributed by atoms with Gasteiger partial charge < -0.3 is 24.9 Å². The SMILES string of the molecule is CCCCCCC(CCO)=C(C)C(=O)O.O=P(O)(O)O. The molecule has 0 unspecified atom stereocenters. The summed E-state index contributed by atoms with van der Waals surface area (Å²) < 4.78 is 8.88. The van der Waals surface area contributed by atoms with Gasteiger partial charge in [-0.1, -0.05) is 31.8 Å². The first-order chi connectivity index (χ1) is 9.13. The van der Waals surface area contributed by atoms with Gasteiger partial charge in [0.05, 0.1) is 0 Å². The monoisotopic (exact) mass is 312 g/mol. The molecule has 0 atom stereocenters. The number of phosphoric acid groups is 1. The quantitative estimate of drug-likeness (QED) is 0.262. The fraction of sp³-hybridized carbons (Fsp3) is 0.750. The van der Waals surface area contributed by atoms with E-state index in [4.69, 9.17) is 29.5 Å². The van der Waals surface area contributed by atoms with Crippen LogP contribution >= 0.6 is 7.82 Å². The molecular formula is C12H25O7P. The summed E-state index contributed by atoms with van der Waals surface area (Å²) in [6, 6.07) is 0. The highest BCUT2D eigenvalue weighted by atomic mass is 31.2. The van der Waals surface area contributed by atoms with E-state index in [9.17, 15) is 4.79 Å². The Morgan fingerprint density at radius 1 is 1.05 bits per heavy atom. The van der Waals surface area contributed by atoms with Crippen molar-refractivity contribution < 1.29 is 34.3 Å². The molecule has 0 aromatic rings. The van der Waals surface area contributed by atoms with Gasteiger partial charge in [0.2, 0.25) is 0 Å². The summed E-state index contributed by atoms with van der Waals surface area (Å²) in [5.41, 5.74) is 1.29. The number of aliphatic hydroxyl groups excluding tert-OH is 1. The first-order valence-corrected chi connectivity index (χ1v) is 8.01. The van der Waals surface area contributed by atoms with Crippen LogP contribution in [0.15, 0.2) is 11.1 Å². The summed E-state index contributed by atoms with van der Waals surface area (Å²) >= 11 is 0. The Kier molecular flexibility index (Phi) is 13.0. The van der Waals surface area contributed by atoms with Crippen molar-refractivity contribution in [1.82, 2.24) is 0 Å². The lowest BCUT2D eigenvalue weighted by atomic mass is 9.99. The van der Waals surface area contributed by atoms with Crippen molar-refractivity contribution in [3.63, 3.8) is 0 Å². The molecule has 0 aliphatic rings. The maximum atomic E-state index is 10.8. The third-order valence-electron chi connectivity index (χ3n) is 2.60. The van der Waals surface area contributed by atoms with Crippen LogP contribution in [0.25, 0.3) is 0 Å². The van der Waals surface area contributed by atoms with Crippen LogP contribution in [0.5, 0.6) is 0 Å². The van der Waals surface area contributed by atoms with E-state index in [-0.39, 0.29) is 6.61 Å². The Balaban J connectivity index is 0. The molecule has 0 fully saturated rings. The molecule has 0 aliphatic carbocycles. The topological polar surface area (TPSA) is 135 Å². The van der Waals surface area contributed by atoms with Gasteiger partial charge >= 0.3 is 13.8 Å². The van der Waals surface area contributed by atoms with Crippen molar-refractivity contribution in [2.45, 2.75) is 52.4 Å². The molecule has 120 valence electrons. The highest BCUT2D eigenvalue weighted by molar-refractivity contribution is 7.45. The van der Waals surface area contributed by atoms with E-state index >= 15 is 0 Å². The number of hydrogen-bond acceptors (Lipinski definition) is 3. The molecule has 0 aromatic heterocycles. The molecule has 0 aromatic carbocycles. The molecule has 0 saturated carbocycles. The van der Waals surface area contributed by atoms with Crippen molar-refractivity contribution in [3.05, 3.63) is 11.1 Å². The Morgan fingerprint density at radius 3 is 1.90 bits per heavy atom. The molecule has 0 bridgehead atoms. The Bertz CT molecular complexity index is 337. The van der Waals surface area contributed by atoms with Gasteiger partial charge in [-0.2, -0.15) is 0 Å². The van der Waals surface area contributed by atoms with Crippen LogP contribution in [-0.4, -0.2) is 37.5 Å². The van der Waals surface area contributed by atoms with Gasteiger partial charge in [-0.25, -0.2) is 9.36 Å². The number of carboxylic acid groups (broad SMARTS) is 1. The van der Waals surface area contributed by atoms with Crippen LogP contribution < -0.4 is 0 Å². The Hall–Kier alpha value is -0.720. The van der Waals surface area contributed by atoms with E-state index in [1.807, 2.05) is 0 Å². The van der Waals surface area contributed by atoms with Crippen molar-refractivity contribution in [3.8, 4) is 0 Å². The van der Waals surface area contributed by atoms with Gasteiger partial charge in [-0.05, 0) is 26.2 Å². The van der Waals surface area contributed by atoms with Crippen LogP contribution in [0.3, 0.4) is 0 Å². The summed E-state index contributed by atoms with van der Waals surface area (Å²) in [6.45, 7) is 3.80. The fourth-order valence-corrected chi connectivity index (χ4v) is 1.55. The van der Waals surface area contributed by atoms with Gasteiger partial charge in [-0.15, -0.1) is 0 Å². The molecular weight excluding hydrogens is 287 g/mol. The summed E-state index contributed by atoms with van der Waals surface area (Å²) in [4.78, 5) is 32.3. The zero-order valence-electron chi connectivity index (χ0n) is 11.9. The summed E-state index contributed by atoms with van der Waals surface area (Å²) in [7, 11) is -4.64. The molecule has 0 aliphatic heterocycles. The van der Waals surface area contributed by atoms with E-state index in [1.54, 1.807) is 6.92 Å². The molecule has 7 nitrogen and oxygen atoms in total. The second kappa shape index (κ2) is 12.1. The van der Waals surface area contributed by atoms with Crippen molar-refractivity contribution in [1.29, 1.82) is 0 Å². The zero-order valence-corrected chi connectivity index (χ0v) is 12.8. The molecule has 5 N–H and O–H groups in total. The first-order valence-electron chi connectivity index (χ1n) is 6.44. The highest BCUT2D eigenvalue weighted by Crippen LogP contribution is 2.25. The van der Waals surface area contributed by atoms with Gasteiger partial charge in [0.25, 0.3) is 0 Å². The van der Waals surface area contributed by atoms with E-state index in [2.05, 4.69) is 6.92 Å². The number of carboxylic acids is 1. The number of carbonyl (C=O) groups is 1. The number of hydrogen-bond donors (Lipinski definition) is 5. The van der Waals surface area contributed by atoms with Crippen molar-refractivity contribution in [2.24, 2.45) is 0 Å². The molecule has 0 heterocycles. The Morgan fingerprint density at radius 2 is 1.55 bits per heavy atom. The van der Waals surface area contributed by atoms with E-state index < -0.39 is 13.8 Å². The summed E-state index contributed by atoms with van der Waals surface area (Å²) in [5, 5.41) is 17.7. The van der Waals surface area contributed by atoms with Crippen molar-refractivity contribution >= 4 is 13.8 Å². The summed E-state index contributed by atoms with van der Waals surface area (Å²) in [6.07, 6.45) is 5.82. The molecule has 0 saturated heterocycles. The third kappa shape index (κ3) is 17.3. The van der Waals surface area contributed by atoms with Crippen LogP contribution in [0.1, 0.15) is 52.4 Å². The second-order valence-electron chi connectivity index (χ2n) is 4.33. The van der Waals surface area contributed by atoms with Gasteiger partial charge in [0.15, 0.2) is 0 Å². The maximum absolute atomic E-state index is 10.8. The lowest BCUT2D eigenvalue weighted by molar-refractivity contribution is -0.132. The molecule has 8 heteroatoms. The van der Waals surface area contributed by atoms with Crippen LogP contribution in [-0.2, 0) is 9.36 Å². The lowest BCUT2D eigenvalue weighted by Crippen LogP contribution is -2.03. The normalized spacial score (nSPS) is 12.3. The van der Waals surface area contributed by atoms with E-state index in [0.29, 0.717) is 12.0 Å². The summed E-state index contributed by atoms with van der Waals surface area (Å²) in [5.74, 6) is -0.867. The Labute approximate surface area is 119 Å². The first kappa shape index (κ1) is 21.6. The average Bonchev–Trinajstić information content (AvgIpc) is 2.30. The fourth-order valence-electron chi connectivity index (χ4n) is 1.55. The minimum absolute atomic E-state index is 0.0354. The molecule has 0 spiro atoms. The van der Waals surface area contributed by atoms with Gasteiger partial charge in [-0.3, -0.25) is 0 Å². The minimum Gasteiger partial charge on any atom is -0.478 e. The van der Waals surface area contributed by atoms with Crippen LogP contribution in [0, 0.1) is 0 Å². The molecule has 0 amide bonds. The predicted molar refractivity (Wildman–Crippen MR) is 75.1 cm³/mol. The number of rotatable bonds is 8. The van der Waals surface area contributed by atoms with Gasteiger partial charge in [0.1, 0.15) is 0 Å². The van der Waals surface area contributed by atoms with Gasteiger partial charge in [0, 0.05) is 12.2 Å². The number of aliphatic hydroxyl groups is 1. The van der Waals surface area contributed by atoms with E-state index in [0.717, 1.165) is 24.8 Å². The van der Waals surface area contributed by atoms with Crippen LogP contribution in [0.2, 0.25) is 0 Å². The maximum Gasteiger partial charge on any atom is 0.466 e. The molecule has 0 rings (SSSR count). The largest absolute Gasteiger partial charge is 0.478 e. The lowest BCUT2D eigenvalue weighted by Gasteiger charge is -2.08. The van der Waals surface area contributed by atoms with Crippen molar-refractivity contribution in [2.75, 3.05) is 6.61 Å². The number of aliphatic carboxylic acids is 1. The standard InChI is InChI=1S/C12H22O3.H3O4P/c1-3-4-5-6-7-11(8-9-13)10(2)12(14)15;1-5(2,3)4/h13H,3-9H2,1-2H3,(H,14,15);(H3,1,2,3,4). The highest BCUT2D eigenvalue weighted by Gasteiger charge is 2.08. The predicted octanol–water partition coefficient (Wildman–Crippen LogP) is 1.81. The molecule has 20 heavy (non-hydrogen) atoms. The van der Waals surface area contributed by atoms with Crippen LogP contribution in [0.4, 0.5) is 0 Å². The number of unbranched alkanes of at least 4 members (excludes halogenated alkanes) is 3.